The lowest BCUT2D eigenvalue weighted by molar-refractivity contribution is -0.140. The standard InChI is InChI=1S/C25H22N2O6/c1-32-19-4-2-3-18(22(19)33-13-14-5-7-15(8-6-14)25(30)31)12-26-27-23(28)20-16-9-10-17(11-16)21(20)24(27)29/h2-10,12,16-17,20-21H,11,13H2,1H3,(H,30,31). The minimum absolute atomic E-state index is 0.125. The van der Waals surface area contributed by atoms with Crippen molar-refractivity contribution in [3.05, 3.63) is 71.3 Å². The molecule has 2 fully saturated rings. The van der Waals surface area contributed by atoms with Crippen LogP contribution in [0.25, 0.3) is 0 Å². The Labute approximate surface area is 190 Å². The van der Waals surface area contributed by atoms with Crippen molar-refractivity contribution in [2.45, 2.75) is 13.0 Å². The third-order valence-electron chi connectivity index (χ3n) is 6.57. The van der Waals surface area contributed by atoms with Gasteiger partial charge in [0.2, 0.25) is 0 Å². The van der Waals surface area contributed by atoms with Crippen LogP contribution in [0.5, 0.6) is 11.5 Å². The maximum atomic E-state index is 12.9. The summed E-state index contributed by atoms with van der Waals surface area (Å²) in [6, 6.07) is 11.6. The Hall–Kier alpha value is -3.94. The van der Waals surface area contributed by atoms with Crippen LogP contribution in [0.3, 0.4) is 0 Å². The van der Waals surface area contributed by atoms with E-state index in [1.54, 1.807) is 30.3 Å². The first-order valence-electron chi connectivity index (χ1n) is 10.7. The van der Waals surface area contributed by atoms with Gasteiger partial charge in [0, 0.05) is 5.56 Å². The zero-order valence-corrected chi connectivity index (χ0v) is 17.9. The number of para-hydroxylation sites is 1. The summed E-state index contributed by atoms with van der Waals surface area (Å²) in [6.45, 7) is 0.169. The number of hydrogen-bond acceptors (Lipinski definition) is 6. The molecule has 33 heavy (non-hydrogen) atoms. The number of fused-ring (bicyclic) bond motifs is 5. The Kier molecular flexibility index (Phi) is 5.20. The van der Waals surface area contributed by atoms with Crippen molar-refractivity contribution < 1.29 is 29.0 Å². The summed E-state index contributed by atoms with van der Waals surface area (Å²) in [5.74, 6) is -0.973. The molecule has 4 unspecified atom stereocenters. The predicted octanol–water partition coefficient (Wildman–Crippen LogP) is 3.11. The summed E-state index contributed by atoms with van der Waals surface area (Å²) in [7, 11) is 1.52. The number of hydrogen-bond donors (Lipinski definition) is 1. The molecule has 2 aromatic carbocycles. The second kappa shape index (κ2) is 8.20. The van der Waals surface area contributed by atoms with Crippen molar-refractivity contribution in [2.75, 3.05) is 7.11 Å². The number of carboxylic acid groups (broad SMARTS) is 1. The maximum Gasteiger partial charge on any atom is 0.335 e. The Morgan fingerprint density at radius 3 is 2.36 bits per heavy atom. The summed E-state index contributed by atoms with van der Waals surface area (Å²) < 4.78 is 11.4. The minimum atomic E-state index is -0.996. The van der Waals surface area contributed by atoms with Crippen molar-refractivity contribution in [1.29, 1.82) is 0 Å². The lowest BCUT2D eigenvalue weighted by atomic mass is 9.85. The van der Waals surface area contributed by atoms with Gasteiger partial charge in [0.25, 0.3) is 11.8 Å². The molecule has 1 saturated heterocycles. The molecular formula is C25H22N2O6. The average Bonchev–Trinajstić information content (AvgIpc) is 3.51. The molecule has 1 saturated carbocycles. The number of carbonyl (C=O) groups excluding carboxylic acids is 2. The number of carbonyl (C=O) groups is 3. The second-order valence-electron chi connectivity index (χ2n) is 8.40. The van der Waals surface area contributed by atoms with Crippen LogP contribution in [0.1, 0.15) is 27.9 Å². The summed E-state index contributed by atoms with van der Waals surface area (Å²) in [5, 5.41) is 14.3. The van der Waals surface area contributed by atoms with Gasteiger partial charge in [0.05, 0.1) is 30.7 Å². The third kappa shape index (κ3) is 3.57. The van der Waals surface area contributed by atoms with Gasteiger partial charge in [0.1, 0.15) is 6.61 Å². The lowest BCUT2D eigenvalue weighted by Crippen LogP contribution is -2.28. The zero-order valence-electron chi connectivity index (χ0n) is 17.9. The molecule has 1 aliphatic heterocycles. The number of aromatic carboxylic acids is 1. The fourth-order valence-electron chi connectivity index (χ4n) is 4.97. The van der Waals surface area contributed by atoms with E-state index in [0.29, 0.717) is 17.1 Å². The normalized spacial score (nSPS) is 25.2. The smallest absolute Gasteiger partial charge is 0.335 e. The minimum Gasteiger partial charge on any atom is -0.493 e. The number of methoxy groups -OCH3 is 1. The molecule has 0 spiro atoms. The van der Waals surface area contributed by atoms with Gasteiger partial charge >= 0.3 is 5.97 Å². The van der Waals surface area contributed by atoms with Crippen LogP contribution in [0, 0.1) is 23.7 Å². The fraction of sp³-hybridized carbons (Fsp3) is 0.280. The lowest BCUT2D eigenvalue weighted by Gasteiger charge is -2.14. The number of allylic oxidation sites excluding steroid dienone is 2. The molecule has 2 amide bonds. The number of rotatable bonds is 7. The molecule has 2 aromatic rings. The molecule has 4 atom stereocenters. The second-order valence-corrected chi connectivity index (χ2v) is 8.40. The Balaban J connectivity index is 1.36. The highest BCUT2D eigenvalue weighted by Crippen LogP contribution is 2.52. The Bertz CT molecular complexity index is 1160. The quantitative estimate of drug-likeness (QED) is 0.398. The van der Waals surface area contributed by atoms with E-state index >= 15 is 0 Å². The number of amides is 2. The SMILES string of the molecule is COc1cccc(C=NN2C(=O)C3C4C=CC(C4)C3C2=O)c1OCc1ccc(C(=O)O)cc1. The van der Waals surface area contributed by atoms with Crippen LogP contribution in [0.2, 0.25) is 0 Å². The Morgan fingerprint density at radius 2 is 1.76 bits per heavy atom. The number of carboxylic acids is 1. The molecular weight excluding hydrogens is 424 g/mol. The van der Waals surface area contributed by atoms with Crippen LogP contribution in [0.15, 0.2) is 59.7 Å². The molecule has 2 bridgehead atoms. The summed E-state index contributed by atoms with van der Waals surface area (Å²) >= 11 is 0. The van der Waals surface area contributed by atoms with Gasteiger partial charge < -0.3 is 14.6 Å². The fourth-order valence-corrected chi connectivity index (χ4v) is 4.97. The number of nitrogens with zero attached hydrogens (tertiary/aromatic N) is 2. The molecule has 1 heterocycles. The van der Waals surface area contributed by atoms with E-state index in [-0.39, 0.29) is 47.7 Å². The Morgan fingerprint density at radius 1 is 1.09 bits per heavy atom. The largest absolute Gasteiger partial charge is 0.493 e. The maximum absolute atomic E-state index is 12.9. The summed E-state index contributed by atoms with van der Waals surface area (Å²) in [5.41, 5.74) is 1.52. The van der Waals surface area contributed by atoms with Crippen LogP contribution in [-0.2, 0) is 16.2 Å². The first kappa shape index (κ1) is 20.9. The van der Waals surface area contributed by atoms with Crippen LogP contribution in [0.4, 0.5) is 0 Å². The number of benzene rings is 2. The zero-order chi connectivity index (χ0) is 23.1. The first-order valence-corrected chi connectivity index (χ1v) is 10.7. The molecule has 3 aliphatic rings. The first-order chi connectivity index (χ1) is 16.0. The van der Waals surface area contributed by atoms with Gasteiger partial charge in [-0.3, -0.25) is 9.59 Å². The molecule has 8 nitrogen and oxygen atoms in total. The van der Waals surface area contributed by atoms with Gasteiger partial charge in [-0.2, -0.15) is 10.1 Å². The third-order valence-corrected chi connectivity index (χ3v) is 6.57. The van der Waals surface area contributed by atoms with Crippen molar-refractivity contribution in [1.82, 2.24) is 5.01 Å². The van der Waals surface area contributed by atoms with Crippen molar-refractivity contribution in [2.24, 2.45) is 28.8 Å². The van der Waals surface area contributed by atoms with E-state index in [0.717, 1.165) is 17.0 Å². The van der Waals surface area contributed by atoms with Crippen LogP contribution in [-0.4, -0.2) is 41.2 Å². The van der Waals surface area contributed by atoms with Gasteiger partial charge in [-0.25, -0.2) is 4.79 Å². The number of ether oxygens (including phenoxy) is 2. The molecule has 168 valence electrons. The van der Waals surface area contributed by atoms with E-state index in [4.69, 9.17) is 14.6 Å². The molecule has 2 aliphatic carbocycles. The van der Waals surface area contributed by atoms with Crippen LogP contribution < -0.4 is 9.47 Å². The monoisotopic (exact) mass is 446 g/mol. The van der Waals surface area contributed by atoms with Gasteiger partial charge in [-0.15, -0.1) is 0 Å². The highest BCUT2D eigenvalue weighted by Gasteiger charge is 2.59. The van der Waals surface area contributed by atoms with Crippen molar-refractivity contribution in [3.8, 4) is 11.5 Å². The molecule has 0 aromatic heterocycles. The number of hydrazone groups is 1. The number of imide groups is 1. The highest BCUT2D eigenvalue weighted by molar-refractivity contribution is 6.07. The van der Waals surface area contributed by atoms with Crippen molar-refractivity contribution >= 4 is 24.0 Å². The molecule has 5 rings (SSSR count). The van der Waals surface area contributed by atoms with Gasteiger partial charge in [-0.05, 0) is 48.1 Å². The highest BCUT2D eigenvalue weighted by atomic mass is 16.5. The van der Waals surface area contributed by atoms with Crippen molar-refractivity contribution in [3.63, 3.8) is 0 Å². The van der Waals surface area contributed by atoms with E-state index in [2.05, 4.69) is 5.10 Å². The predicted molar refractivity (Wildman–Crippen MR) is 118 cm³/mol. The topological polar surface area (TPSA) is 106 Å². The van der Waals surface area contributed by atoms with E-state index in [9.17, 15) is 14.4 Å². The van der Waals surface area contributed by atoms with Gasteiger partial charge in [-0.1, -0.05) is 30.4 Å². The van der Waals surface area contributed by atoms with Gasteiger partial charge in [0.15, 0.2) is 11.5 Å². The molecule has 8 heteroatoms. The summed E-state index contributed by atoms with van der Waals surface area (Å²) in [4.78, 5) is 36.8. The van der Waals surface area contributed by atoms with E-state index in [1.807, 2.05) is 12.2 Å². The van der Waals surface area contributed by atoms with E-state index in [1.165, 1.54) is 25.5 Å². The molecule has 0 radical (unpaired) electrons. The summed E-state index contributed by atoms with van der Waals surface area (Å²) in [6.07, 6.45) is 6.39. The molecule has 1 N–H and O–H groups in total. The van der Waals surface area contributed by atoms with E-state index < -0.39 is 5.97 Å². The average molecular weight is 446 g/mol. The van der Waals surface area contributed by atoms with Crippen LogP contribution >= 0.6 is 0 Å².